The van der Waals surface area contributed by atoms with E-state index in [9.17, 15) is 14.7 Å². The van der Waals surface area contributed by atoms with Crippen molar-refractivity contribution in [2.45, 2.75) is 24.2 Å². The summed E-state index contributed by atoms with van der Waals surface area (Å²) in [7, 11) is 0. The van der Waals surface area contributed by atoms with Gasteiger partial charge in [-0.25, -0.2) is 0 Å². The first-order valence-corrected chi connectivity index (χ1v) is 18.1. The zero-order valence-corrected chi connectivity index (χ0v) is 28.8. The fourth-order valence-electron chi connectivity index (χ4n) is 9.59. The van der Waals surface area contributed by atoms with Crippen molar-refractivity contribution < 1.29 is 24.3 Å². The Labute approximate surface area is 307 Å². The first-order chi connectivity index (χ1) is 25.9. The summed E-state index contributed by atoms with van der Waals surface area (Å²) in [6.45, 7) is 0. The Morgan fingerprint density at radius 3 is 2.04 bits per heavy atom. The fraction of sp³-hybridized carbons (Fsp3) is 0.174. The number of carbonyl (C=O) groups excluding carboxylic acids is 4. The number of hydrogen-bond donors (Lipinski definition) is 2. The molecule has 7 heteroatoms. The van der Waals surface area contributed by atoms with Crippen molar-refractivity contribution >= 4 is 46.0 Å². The normalized spacial score (nSPS) is 26.3. The van der Waals surface area contributed by atoms with Gasteiger partial charge >= 0.3 is 0 Å². The van der Waals surface area contributed by atoms with Gasteiger partial charge in [-0.1, -0.05) is 103 Å². The minimum Gasteiger partial charge on any atom is -0.508 e. The second-order valence-corrected chi connectivity index (χ2v) is 14.4. The molecule has 2 amide bonds. The molecule has 2 N–H and O–H groups in total. The Balaban J connectivity index is 1.17. The van der Waals surface area contributed by atoms with Crippen molar-refractivity contribution in [3.63, 3.8) is 0 Å². The van der Waals surface area contributed by atoms with Crippen LogP contribution in [0.2, 0.25) is 0 Å². The number of imide groups is 1. The van der Waals surface area contributed by atoms with E-state index in [1.165, 1.54) is 11.0 Å². The van der Waals surface area contributed by atoms with Gasteiger partial charge in [-0.05, 0) is 90.1 Å². The summed E-state index contributed by atoms with van der Waals surface area (Å²) in [6, 6.07) is 42.6. The highest BCUT2D eigenvalue weighted by atomic mass is 16.3. The minimum atomic E-state index is -1.34. The average molecular weight is 697 g/mol. The number of phenolic OH excluding ortho intramolecular Hbond substituents is 1. The molecule has 9 rings (SSSR count). The summed E-state index contributed by atoms with van der Waals surface area (Å²) in [5.41, 5.74) is 4.15. The Morgan fingerprint density at radius 2 is 1.34 bits per heavy atom. The van der Waals surface area contributed by atoms with E-state index in [2.05, 4.69) is 5.32 Å². The lowest BCUT2D eigenvalue weighted by molar-refractivity contribution is -0.135. The largest absolute Gasteiger partial charge is 0.508 e. The Kier molecular flexibility index (Phi) is 7.81. The second-order valence-electron chi connectivity index (χ2n) is 14.4. The van der Waals surface area contributed by atoms with Gasteiger partial charge in [0.15, 0.2) is 11.6 Å². The lowest BCUT2D eigenvalue weighted by Crippen LogP contribution is -2.58. The number of para-hydroxylation sites is 1. The van der Waals surface area contributed by atoms with E-state index in [0.29, 0.717) is 34.4 Å². The summed E-state index contributed by atoms with van der Waals surface area (Å²) in [5.74, 6) is -4.20. The van der Waals surface area contributed by atoms with E-state index in [-0.39, 0.29) is 35.6 Å². The van der Waals surface area contributed by atoms with Gasteiger partial charge in [0, 0.05) is 28.8 Å². The highest BCUT2D eigenvalue weighted by molar-refractivity contribution is 6.32. The van der Waals surface area contributed by atoms with Gasteiger partial charge in [-0.15, -0.1) is 0 Å². The first kappa shape index (κ1) is 32.6. The molecule has 0 aromatic heterocycles. The number of phenols is 1. The van der Waals surface area contributed by atoms with Crippen LogP contribution in [0.5, 0.6) is 5.75 Å². The topological polar surface area (TPSA) is 104 Å². The van der Waals surface area contributed by atoms with Crippen LogP contribution in [0.1, 0.15) is 35.4 Å². The predicted molar refractivity (Wildman–Crippen MR) is 203 cm³/mol. The molecule has 3 aliphatic carbocycles. The number of anilines is 3. The monoisotopic (exact) mass is 696 g/mol. The van der Waals surface area contributed by atoms with E-state index in [1.54, 1.807) is 30.3 Å². The van der Waals surface area contributed by atoms with E-state index >= 15 is 9.59 Å². The van der Waals surface area contributed by atoms with Gasteiger partial charge in [0.1, 0.15) is 5.75 Å². The van der Waals surface area contributed by atoms with Gasteiger partial charge in [0.2, 0.25) is 11.8 Å². The molecule has 6 unspecified atom stereocenters. The molecule has 0 spiro atoms. The second kappa shape index (κ2) is 12.7. The maximum atomic E-state index is 15.1. The van der Waals surface area contributed by atoms with Crippen molar-refractivity contribution in [1.29, 1.82) is 0 Å². The van der Waals surface area contributed by atoms with Crippen LogP contribution < -0.4 is 10.2 Å². The van der Waals surface area contributed by atoms with Crippen LogP contribution in [0.15, 0.2) is 157 Å². The molecule has 2 fully saturated rings. The quantitative estimate of drug-likeness (QED) is 0.137. The number of amides is 2. The number of hydrogen-bond acceptors (Lipinski definition) is 6. The molecule has 0 radical (unpaired) electrons. The first-order valence-electron chi connectivity index (χ1n) is 18.1. The third kappa shape index (κ3) is 5.10. The zero-order chi connectivity index (χ0) is 36.3. The maximum Gasteiger partial charge on any atom is 0.238 e. The molecule has 5 aromatic rings. The van der Waals surface area contributed by atoms with Crippen LogP contribution >= 0.6 is 0 Å². The Morgan fingerprint density at radius 1 is 0.679 bits per heavy atom. The molecule has 53 heavy (non-hydrogen) atoms. The van der Waals surface area contributed by atoms with Gasteiger partial charge in [-0.2, -0.15) is 0 Å². The van der Waals surface area contributed by atoms with E-state index in [4.69, 9.17) is 0 Å². The van der Waals surface area contributed by atoms with E-state index < -0.39 is 35.0 Å². The molecular formula is C46H36N2O5. The summed E-state index contributed by atoms with van der Waals surface area (Å²) in [6.07, 6.45) is 4.09. The smallest absolute Gasteiger partial charge is 0.238 e. The molecule has 1 saturated carbocycles. The van der Waals surface area contributed by atoms with Crippen LogP contribution in [-0.2, 0) is 24.6 Å². The average Bonchev–Trinajstić information content (AvgIpc) is 3.45. The SMILES string of the molecule is O=C1C(c2ccccc2)=CC(=O)C2(c3ccccc3)C1CC1C(=CCC3C(=O)N(c4ccc(Nc5ccccc5)cc4)C(=O)C31)C2c1cccc(O)c1. The summed E-state index contributed by atoms with van der Waals surface area (Å²) >= 11 is 0. The summed E-state index contributed by atoms with van der Waals surface area (Å²) in [4.78, 5) is 60.3. The highest BCUT2D eigenvalue weighted by Crippen LogP contribution is 2.63. The molecule has 5 aromatic carbocycles. The zero-order valence-electron chi connectivity index (χ0n) is 28.8. The maximum absolute atomic E-state index is 15.1. The van der Waals surface area contributed by atoms with Gasteiger partial charge in [-0.3, -0.25) is 24.1 Å². The van der Waals surface area contributed by atoms with Crippen molar-refractivity contribution in [1.82, 2.24) is 0 Å². The number of fused-ring (bicyclic) bond motifs is 4. The fourth-order valence-corrected chi connectivity index (χ4v) is 9.59. The molecule has 0 bridgehead atoms. The number of allylic oxidation sites excluding steroid dienone is 4. The van der Waals surface area contributed by atoms with E-state index in [0.717, 1.165) is 16.9 Å². The van der Waals surface area contributed by atoms with E-state index in [1.807, 2.05) is 115 Å². The van der Waals surface area contributed by atoms with Crippen molar-refractivity contribution in [2.75, 3.05) is 10.2 Å². The van der Waals surface area contributed by atoms with Gasteiger partial charge in [0.05, 0.1) is 22.9 Å². The van der Waals surface area contributed by atoms with Crippen LogP contribution in [0.4, 0.5) is 17.1 Å². The predicted octanol–water partition coefficient (Wildman–Crippen LogP) is 8.16. The third-order valence-corrected chi connectivity index (χ3v) is 11.8. The lowest BCUT2D eigenvalue weighted by Gasteiger charge is -2.55. The number of nitrogens with one attached hydrogen (secondary N) is 1. The summed E-state index contributed by atoms with van der Waals surface area (Å²) < 4.78 is 0. The molecule has 1 aliphatic heterocycles. The molecule has 260 valence electrons. The van der Waals surface area contributed by atoms with Crippen LogP contribution in [0, 0.1) is 23.7 Å². The highest BCUT2D eigenvalue weighted by Gasteiger charge is 2.66. The molecule has 1 heterocycles. The third-order valence-electron chi connectivity index (χ3n) is 11.8. The minimum absolute atomic E-state index is 0.0391. The number of nitrogens with zero attached hydrogens (tertiary/aromatic N) is 1. The van der Waals surface area contributed by atoms with Gasteiger partial charge < -0.3 is 10.4 Å². The Hall–Kier alpha value is -6.34. The molecule has 6 atom stereocenters. The van der Waals surface area contributed by atoms with Gasteiger partial charge in [0.25, 0.3) is 0 Å². The Bertz CT molecular complexity index is 2330. The molecular weight excluding hydrogens is 661 g/mol. The molecule has 7 nitrogen and oxygen atoms in total. The van der Waals surface area contributed by atoms with Crippen molar-refractivity contribution in [3.05, 3.63) is 174 Å². The van der Waals surface area contributed by atoms with Crippen molar-refractivity contribution in [3.8, 4) is 5.75 Å². The van der Waals surface area contributed by atoms with Crippen LogP contribution in [-0.4, -0.2) is 28.5 Å². The number of carbonyl (C=O) groups is 4. The number of benzene rings is 5. The number of aromatic hydroxyl groups is 1. The lowest BCUT2D eigenvalue weighted by atomic mass is 9.44. The molecule has 1 saturated heterocycles. The number of rotatable bonds is 6. The van der Waals surface area contributed by atoms with Crippen LogP contribution in [0.25, 0.3) is 5.57 Å². The number of ketones is 2. The van der Waals surface area contributed by atoms with Crippen molar-refractivity contribution in [2.24, 2.45) is 23.7 Å². The summed E-state index contributed by atoms with van der Waals surface area (Å²) in [5, 5.41) is 14.1. The standard InChI is InChI=1S/C46H36N2O5/c49-34-18-10-13-29(25-34)42-35-23-24-36-41(45(53)48(44(36)52)33-21-19-32(20-22-33)47-31-16-8-3-9-17-31)38(35)26-39-43(51)37(28-11-4-1-5-12-28)27-40(50)46(39,42)30-14-6-2-7-15-30/h1-23,25,27,36,38-39,41-42,47,49H,24,26H2. The molecule has 4 aliphatic rings. The van der Waals surface area contributed by atoms with Crippen LogP contribution in [0.3, 0.4) is 0 Å². The number of Topliss-reactive ketones (excluding diaryl/α,β-unsaturated/α-hetero) is 1.